The highest BCUT2D eigenvalue weighted by Gasteiger charge is 2.30. The third-order valence-corrected chi connectivity index (χ3v) is 4.67. The summed E-state index contributed by atoms with van der Waals surface area (Å²) in [5.41, 5.74) is 3.61. The summed E-state index contributed by atoms with van der Waals surface area (Å²) in [5, 5.41) is 3.43. The first kappa shape index (κ1) is 15.3. The zero-order valence-corrected chi connectivity index (χ0v) is 13.0. The molecule has 1 aliphatic heterocycles. The molecule has 2 atom stereocenters. The Bertz CT molecular complexity index is 503. The normalized spacial score (nSPS) is 25.0. The molecule has 0 aromatic heterocycles. The number of aryl methyl sites for hydroxylation is 1. The highest BCUT2D eigenvalue weighted by atomic mass is 35.5. The van der Waals surface area contributed by atoms with Crippen LogP contribution in [0.15, 0.2) is 18.2 Å². The fourth-order valence-electron chi connectivity index (χ4n) is 3.32. The van der Waals surface area contributed by atoms with Crippen LogP contribution >= 0.6 is 12.4 Å². The minimum atomic E-state index is 0. The zero-order valence-electron chi connectivity index (χ0n) is 12.2. The Morgan fingerprint density at radius 2 is 2.10 bits per heavy atom. The molecular formula is C16H23ClN2O. The number of carbonyl (C=O) groups is 1. The van der Waals surface area contributed by atoms with Crippen molar-refractivity contribution in [3.05, 3.63) is 34.9 Å². The summed E-state index contributed by atoms with van der Waals surface area (Å²) in [6.07, 6.45) is 3.38. The van der Waals surface area contributed by atoms with Crippen LogP contribution in [-0.2, 0) is 12.8 Å². The Morgan fingerprint density at radius 3 is 2.90 bits per heavy atom. The lowest BCUT2D eigenvalue weighted by Crippen LogP contribution is -2.57. The number of rotatable bonds is 1. The summed E-state index contributed by atoms with van der Waals surface area (Å²) >= 11 is 0. The second kappa shape index (κ2) is 6.15. The van der Waals surface area contributed by atoms with Crippen LogP contribution in [0.3, 0.4) is 0 Å². The van der Waals surface area contributed by atoms with E-state index in [0.717, 1.165) is 31.5 Å². The molecule has 20 heavy (non-hydrogen) atoms. The van der Waals surface area contributed by atoms with Gasteiger partial charge in [0.25, 0.3) is 5.91 Å². The zero-order chi connectivity index (χ0) is 13.4. The number of hydrogen-bond donors (Lipinski definition) is 1. The lowest BCUT2D eigenvalue weighted by Gasteiger charge is -2.39. The van der Waals surface area contributed by atoms with Crippen molar-refractivity contribution in [1.29, 1.82) is 0 Å². The van der Waals surface area contributed by atoms with Gasteiger partial charge in [-0.15, -0.1) is 12.4 Å². The molecule has 1 aromatic carbocycles. The van der Waals surface area contributed by atoms with Gasteiger partial charge in [-0.3, -0.25) is 4.79 Å². The summed E-state index contributed by atoms with van der Waals surface area (Å²) in [6.45, 7) is 6.00. The van der Waals surface area contributed by atoms with Crippen LogP contribution in [-0.4, -0.2) is 36.0 Å². The van der Waals surface area contributed by atoms with Crippen LogP contribution in [0.1, 0.15) is 41.8 Å². The van der Waals surface area contributed by atoms with Crippen molar-refractivity contribution in [3.8, 4) is 0 Å². The van der Waals surface area contributed by atoms with Crippen LogP contribution < -0.4 is 5.32 Å². The van der Waals surface area contributed by atoms with Crippen molar-refractivity contribution in [1.82, 2.24) is 10.2 Å². The monoisotopic (exact) mass is 294 g/mol. The SMILES string of the molecule is CC1NCCN(C(=O)c2cccc3c2CCC3)C1C.Cl. The van der Waals surface area contributed by atoms with Gasteiger partial charge in [-0.2, -0.15) is 0 Å². The Labute approximate surface area is 127 Å². The first-order valence-corrected chi connectivity index (χ1v) is 7.33. The molecule has 1 aromatic rings. The number of benzene rings is 1. The molecule has 3 nitrogen and oxygen atoms in total. The van der Waals surface area contributed by atoms with E-state index in [9.17, 15) is 4.79 Å². The fraction of sp³-hybridized carbons (Fsp3) is 0.562. The first-order chi connectivity index (χ1) is 9.18. The number of amides is 1. The lowest BCUT2D eigenvalue weighted by molar-refractivity contribution is 0.0602. The van der Waals surface area contributed by atoms with Gasteiger partial charge in [0.1, 0.15) is 0 Å². The van der Waals surface area contributed by atoms with E-state index in [-0.39, 0.29) is 24.4 Å². The van der Waals surface area contributed by atoms with Crippen LogP contribution in [0.5, 0.6) is 0 Å². The van der Waals surface area contributed by atoms with Gasteiger partial charge in [-0.25, -0.2) is 0 Å². The summed E-state index contributed by atoms with van der Waals surface area (Å²) in [6, 6.07) is 6.84. The molecule has 1 fully saturated rings. The Balaban J connectivity index is 0.00000147. The molecule has 2 unspecified atom stereocenters. The number of halogens is 1. The van der Waals surface area contributed by atoms with Gasteiger partial charge in [-0.1, -0.05) is 12.1 Å². The minimum absolute atomic E-state index is 0. The van der Waals surface area contributed by atoms with Crippen molar-refractivity contribution in [2.45, 2.75) is 45.2 Å². The topological polar surface area (TPSA) is 32.3 Å². The Hall–Kier alpha value is -1.06. The fourth-order valence-corrected chi connectivity index (χ4v) is 3.32. The Kier molecular flexibility index (Phi) is 4.71. The van der Waals surface area contributed by atoms with Gasteiger partial charge >= 0.3 is 0 Å². The molecule has 1 aliphatic carbocycles. The first-order valence-electron chi connectivity index (χ1n) is 7.33. The summed E-state index contributed by atoms with van der Waals surface area (Å²) in [5.74, 6) is 0.222. The van der Waals surface area contributed by atoms with E-state index in [4.69, 9.17) is 0 Å². The standard InChI is InChI=1S/C16H22N2O.ClH/c1-11-12(2)18(10-9-17-11)16(19)15-8-4-6-13-5-3-7-14(13)15;/h4,6,8,11-12,17H,3,5,7,9-10H2,1-2H3;1H. The molecule has 1 heterocycles. The van der Waals surface area contributed by atoms with Crippen LogP contribution in [0.2, 0.25) is 0 Å². The van der Waals surface area contributed by atoms with Crippen LogP contribution in [0, 0.1) is 0 Å². The Morgan fingerprint density at radius 1 is 1.30 bits per heavy atom. The molecule has 0 bridgehead atoms. The summed E-state index contributed by atoms with van der Waals surface area (Å²) in [4.78, 5) is 14.9. The smallest absolute Gasteiger partial charge is 0.254 e. The molecule has 1 N–H and O–H groups in total. The summed E-state index contributed by atoms with van der Waals surface area (Å²) < 4.78 is 0. The van der Waals surface area contributed by atoms with Gasteiger partial charge in [0.05, 0.1) is 0 Å². The lowest BCUT2D eigenvalue weighted by atomic mass is 10.00. The van der Waals surface area contributed by atoms with Gasteiger partial charge in [0.15, 0.2) is 0 Å². The minimum Gasteiger partial charge on any atom is -0.333 e. The molecule has 0 radical (unpaired) electrons. The van der Waals surface area contributed by atoms with Crippen molar-refractivity contribution < 1.29 is 4.79 Å². The highest BCUT2D eigenvalue weighted by Crippen LogP contribution is 2.27. The van der Waals surface area contributed by atoms with Gasteiger partial charge < -0.3 is 10.2 Å². The molecule has 4 heteroatoms. The number of nitrogens with zero attached hydrogens (tertiary/aromatic N) is 1. The molecule has 0 saturated carbocycles. The number of nitrogens with one attached hydrogen (secondary N) is 1. The van der Waals surface area contributed by atoms with Crippen LogP contribution in [0.4, 0.5) is 0 Å². The van der Waals surface area contributed by atoms with E-state index < -0.39 is 0 Å². The second-order valence-electron chi connectivity index (χ2n) is 5.78. The van der Waals surface area contributed by atoms with Crippen LogP contribution in [0.25, 0.3) is 0 Å². The predicted octanol–water partition coefficient (Wildman–Crippen LogP) is 2.42. The highest BCUT2D eigenvalue weighted by molar-refractivity contribution is 5.96. The molecule has 110 valence electrons. The molecule has 1 saturated heterocycles. The van der Waals surface area contributed by atoms with E-state index in [1.165, 1.54) is 17.5 Å². The second-order valence-corrected chi connectivity index (χ2v) is 5.78. The van der Waals surface area contributed by atoms with E-state index in [1.807, 2.05) is 17.0 Å². The number of carbonyl (C=O) groups excluding carboxylic acids is 1. The van der Waals surface area contributed by atoms with Gasteiger partial charge in [-0.05, 0) is 50.3 Å². The number of fused-ring (bicyclic) bond motifs is 1. The maximum Gasteiger partial charge on any atom is 0.254 e. The van der Waals surface area contributed by atoms with Gasteiger partial charge in [0.2, 0.25) is 0 Å². The average molecular weight is 295 g/mol. The summed E-state index contributed by atoms with van der Waals surface area (Å²) in [7, 11) is 0. The molecule has 1 amide bonds. The predicted molar refractivity (Wildman–Crippen MR) is 83.7 cm³/mol. The van der Waals surface area contributed by atoms with Crippen molar-refractivity contribution in [3.63, 3.8) is 0 Å². The third kappa shape index (κ3) is 2.57. The van der Waals surface area contributed by atoms with Crippen molar-refractivity contribution in [2.75, 3.05) is 13.1 Å². The number of hydrogen-bond acceptors (Lipinski definition) is 2. The third-order valence-electron chi connectivity index (χ3n) is 4.67. The molecule has 0 spiro atoms. The largest absolute Gasteiger partial charge is 0.333 e. The van der Waals surface area contributed by atoms with Crippen molar-refractivity contribution in [2.24, 2.45) is 0 Å². The van der Waals surface area contributed by atoms with E-state index in [1.54, 1.807) is 0 Å². The van der Waals surface area contributed by atoms with E-state index in [0.29, 0.717) is 6.04 Å². The van der Waals surface area contributed by atoms with Gasteiger partial charge in [0, 0.05) is 30.7 Å². The molecule has 3 rings (SSSR count). The van der Waals surface area contributed by atoms with Crippen molar-refractivity contribution >= 4 is 18.3 Å². The quantitative estimate of drug-likeness (QED) is 0.863. The molecular weight excluding hydrogens is 272 g/mol. The number of piperazine rings is 1. The van der Waals surface area contributed by atoms with E-state index in [2.05, 4.69) is 25.2 Å². The molecule has 2 aliphatic rings. The average Bonchev–Trinajstić information content (AvgIpc) is 2.89. The van der Waals surface area contributed by atoms with E-state index >= 15 is 0 Å². The maximum atomic E-state index is 12.8. The maximum absolute atomic E-state index is 12.8.